The van der Waals surface area contributed by atoms with Crippen molar-refractivity contribution in [1.29, 1.82) is 0 Å². The van der Waals surface area contributed by atoms with Gasteiger partial charge in [0.25, 0.3) is 0 Å². The van der Waals surface area contributed by atoms with Crippen LogP contribution < -0.4 is 10.2 Å². The van der Waals surface area contributed by atoms with Crippen LogP contribution in [0.5, 0.6) is 0 Å². The van der Waals surface area contributed by atoms with E-state index in [2.05, 4.69) is 52.5 Å². The molecule has 1 fully saturated rings. The number of para-hydroxylation sites is 1. The van der Waals surface area contributed by atoms with E-state index in [4.69, 9.17) is 4.98 Å². The fraction of sp³-hybridized carbons (Fsp3) is 0.412. The zero-order chi connectivity index (χ0) is 14.4. The standard InChI is InChI=1S/C17H20N4/c1-11-9-13-5-3-4-6-14(13)21(11)16-10-15(18-2)19-17(20-16)12-7-8-12/h3-6,10-12H,7-9H2,1-2H3,(H,18,19,20). The van der Waals surface area contributed by atoms with Crippen LogP contribution in [0.2, 0.25) is 0 Å². The number of fused-ring (bicyclic) bond motifs is 1. The Hall–Kier alpha value is -2.10. The van der Waals surface area contributed by atoms with Gasteiger partial charge in [-0.15, -0.1) is 0 Å². The van der Waals surface area contributed by atoms with Gasteiger partial charge in [-0.1, -0.05) is 18.2 Å². The van der Waals surface area contributed by atoms with Crippen LogP contribution in [0.1, 0.15) is 37.1 Å². The maximum absolute atomic E-state index is 4.85. The summed E-state index contributed by atoms with van der Waals surface area (Å²) >= 11 is 0. The molecule has 1 atom stereocenters. The molecular weight excluding hydrogens is 260 g/mol. The Morgan fingerprint density at radius 1 is 1.19 bits per heavy atom. The van der Waals surface area contributed by atoms with E-state index in [0.717, 1.165) is 23.9 Å². The molecule has 0 amide bonds. The molecule has 2 heterocycles. The average Bonchev–Trinajstić information content (AvgIpc) is 3.29. The summed E-state index contributed by atoms with van der Waals surface area (Å²) in [6.45, 7) is 2.26. The summed E-state index contributed by atoms with van der Waals surface area (Å²) in [4.78, 5) is 11.8. The molecule has 0 spiro atoms. The second kappa shape index (κ2) is 4.72. The monoisotopic (exact) mass is 280 g/mol. The molecule has 0 bridgehead atoms. The zero-order valence-electron chi connectivity index (χ0n) is 12.5. The van der Waals surface area contributed by atoms with Crippen molar-refractivity contribution in [2.24, 2.45) is 0 Å². The third-order valence-corrected chi connectivity index (χ3v) is 4.38. The molecule has 1 aliphatic carbocycles. The molecule has 4 heteroatoms. The number of hydrogen-bond acceptors (Lipinski definition) is 4. The van der Waals surface area contributed by atoms with Gasteiger partial charge in [-0.3, -0.25) is 0 Å². The van der Waals surface area contributed by atoms with Crippen molar-refractivity contribution >= 4 is 17.3 Å². The second-order valence-corrected chi connectivity index (χ2v) is 6.05. The quantitative estimate of drug-likeness (QED) is 0.934. The van der Waals surface area contributed by atoms with E-state index in [1.807, 2.05) is 7.05 Å². The van der Waals surface area contributed by atoms with Gasteiger partial charge in [0, 0.05) is 30.8 Å². The molecule has 1 N–H and O–H groups in total. The van der Waals surface area contributed by atoms with E-state index < -0.39 is 0 Å². The number of nitrogens with zero attached hydrogens (tertiary/aromatic N) is 3. The largest absolute Gasteiger partial charge is 0.373 e. The number of benzene rings is 1. The Morgan fingerprint density at radius 2 is 2.00 bits per heavy atom. The van der Waals surface area contributed by atoms with Crippen LogP contribution >= 0.6 is 0 Å². The molecular formula is C17H20N4. The van der Waals surface area contributed by atoms with Gasteiger partial charge < -0.3 is 10.2 Å². The van der Waals surface area contributed by atoms with Crippen molar-refractivity contribution < 1.29 is 0 Å². The lowest BCUT2D eigenvalue weighted by Gasteiger charge is -2.24. The van der Waals surface area contributed by atoms with Gasteiger partial charge in [-0.2, -0.15) is 0 Å². The van der Waals surface area contributed by atoms with Crippen molar-refractivity contribution in [2.75, 3.05) is 17.3 Å². The summed E-state index contributed by atoms with van der Waals surface area (Å²) in [6.07, 6.45) is 3.52. The Kier molecular flexibility index (Phi) is 2.84. The third kappa shape index (κ3) is 2.15. The molecule has 4 rings (SSSR count). The molecule has 1 saturated carbocycles. The van der Waals surface area contributed by atoms with Gasteiger partial charge in [0.15, 0.2) is 0 Å². The predicted molar refractivity (Wildman–Crippen MR) is 85.3 cm³/mol. The van der Waals surface area contributed by atoms with E-state index in [9.17, 15) is 0 Å². The SMILES string of the molecule is CNc1cc(N2c3ccccc3CC2C)nc(C2CC2)n1. The lowest BCUT2D eigenvalue weighted by molar-refractivity contribution is 0.744. The highest BCUT2D eigenvalue weighted by Crippen LogP contribution is 2.42. The van der Waals surface area contributed by atoms with Crippen molar-refractivity contribution in [3.63, 3.8) is 0 Å². The molecule has 1 aromatic heterocycles. The normalized spacial score (nSPS) is 20.5. The first-order chi connectivity index (χ1) is 10.3. The second-order valence-electron chi connectivity index (χ2n) is 6.05. The summed E-state index contributed by atoms with van der Waals surface area (Å²) in [5, 5.41) is 3.17. The first-order valence-electron chi connectivity index (χ1n) is 7.70. The highest BCUT2D eigenvalue weighted by Gasteiger charge is 2.31. The van der Waals surface area contributed by atoms with Gasteiger partial charge in [0.2, 0.25) is 0 Å². The molecule has 1 aromatic carbocycles. The Morgan fingerprint density at radius 3 is 2.76 bits per heavy atom. The van der Waals surface area contributed by atoms with Crippen molar-refractivity contribution in [1.82, 2.24) is 9.97 Å². The topological polar surface area (TPSA) is 41.0 Å². The molecule has 21 heavy (non-hydrogen) atoms. The van der Waals surface area contributed by atoms with E-state index in [1.165, 1.54) is 24.1 Å². The summed E-state index contributed by atoms with van der Waals surface area (Å²) in [7, 11) is 1.92. The predicted octanol–water partition coefficient (Wildman–Crippen LogP) is 3.48. The molecule has 0 saturated heterocycles. The maximum Gasteiger partial charge on any atom is 0.139 e. The lowest BCUT2D eigenvalue weighted by atomic mass is 10.1. The van der Waals surface area contributed by atoms with Crippen LogP contribution in [0.25, 0.3) is 0 Å². The first kappa shape index (κ1) is 12.6. The fourth-order valence-corrected chi connectivity index (χ4v) is 3.14. The van der Waals surface area contributed by atoms with Crippen LogP contribution in [-0.2, 0) is 6.42 Å². The number of nitrogens with one attached hydrogen (secondary N) is 1. The highest BCUT2D eigenvalue weighted by molar-refractivity contribution is 5.70. The van der Waals surface area contributed by atoms with Gasteiger partial charge in [0.05, 0.1) is 0 Å². The number of hydrogen-bond donors (Lipinski definition) is 1. The van der Waals surface area contributed by atoms with E-state index in [0.29, 0.717) is 12.0 Å². The Balaban J connectivity index is 1.80. The molecule has 2 aromatic rings. The lowest BCUT2D eigenvalue weighted by Crippen LogP contribution is -2.25. The van der Waals surface area contributed by atoms with Crippen molar-refractivity contribution in [3.8, 4) is 0 Å². The van der Waals surface area contributed by atoms with E-state index in [-0.39, 0.29) is 0 Å². The minimum absolute atomic E-state index is 0.439. The minimum Gasteiger partial charge on any atom is -0.373 e. The summed E-state index contributed by atoms with van der Waals surface area (Å²) in [6, 6.07) is 11.1. The Labute approximate surface area is 125 Å². The van der Waals surface area contributed by atoms with Crippen LogP contribution in [-0.4, -0.2) is 23.1 Å². The van der Waals surface area contributed by atoms with Gasteiger partial charge in [0.1, 0.15) is 17.5 Å². The molecule has 1 aliphatic heterocycles. The van der Waals surface area contributed by atoms with E-state index >= 15 is 0 Å². The highest BCUT2D eigenvalue weighted by atomic mass is 15.2. The molecule has 0 radical (unpaired) electrons. The van der Waals surface area contributed by atoms with Gasteiger partial charge >= 0.3 is 0 Å². The Bertz CT molecular complexity index is 678. The van der Waals surface area contributed by atoms with Crippen LogP contribution in [0, 0.1) is 0 Å². The van der Waals surface area contributed by atoms with Crippen molar-refractivity contribution in [2.45, 2.75) is 38.1 Å². The minimum atomic E-state index is 0.439. The maximum atomic E-state index is 4.85. The van der Waals surface area contributed by atoms with E-state index in [1.54, 1.807) is 0 Å². The molecule has 1 unspecified atom stereocenters. The summed E-state index contributed by atoms with van der Waals surface area (Å²) in [5.74, 6) is 3.49. The first-order valence-corrected chi connectivity index (χ1v) is 7.70. The van der Waals surface area contributed by atoms with Crippen LogP contribution in [0.4, 0.5) is 17.3 Å². The fourth-order valence-electron chi connectivity index (χ4n) is 3.14. The number of aromatic nitrogens is 2. The smallest absolute Gasteiger partial charge is 0.139 e. The van der Waals surface area contributed by atoms with Crippen molar-refractivity contribution in [3.05, 3.63) is 41.7 Å². The zero-order valence-corrected chi connectivity index (χ0v) is 12.5. The van der Waals surface area contributed by atoms with Gasteiger partial charge in [-0.05, 0) is 37.8 Å². The third-order valence-electron chi connectivity index (χ3n) is 4.38. The summed E-state index contributed by atoms with van der Waals surface area (Å²) in [5.41, 5.74) is 2.69. The summed E-state index contributed by atoms with van der Waals surface area (Å²) < 4.78 is 0. The van der Waals surface area contributed by atoms with Crippen LogP contribution in [0.3, 0.4) is 0 Å². The number of anilines is 3. The molecule has 4 nitrogen and oxygen atoms in total. The van der Waals surface area contributed by atoms with Gasteiger partial charge in [-0.25, -0.2) is 9.97 Å². The molecule has 2 aliphatic rings. The number of rotatable bonds is 3. The van der Waals surface area contributed by atoms with Crippen LogP contribution in [0.15, 0.2) is 30.3 Å². The molecule has 108 valence electrons. The average molecular weight is 280 g/mol.